The topological polar surface area (TPSA) is 61.3 Å². The summed E-state index contributed by atoms with van der Waals surface area (Å²) in [5, 5.41) is 0. The Morgan fingerprint density at radius 2 is 2.17 bits per heavy atom. The molecule has 4 heteroatoms. The number of benzene rings is 1. The lowest BCUT2D eigenvalue weighted by Crippen LogP contribution is -2.46. The molecule has 0 saturated heterocycles. The Morgan fingerprint density at radius 3 is 2.61 bits per heavy atom. The second-order valence-corrected chi connectivity index (χ2v) is 5.02. The third-order valence-electron chi connectivity index (χ3n) is 4.03. The van der Waals surface area contributed by atoms with Gasteiger partial charge in [0.15, 0.2) is 11.6 Å². The zero-order valence-electron chi connectivity index (χ0n) is 10.8. The van der Waals surface area contributed by atoms with Crippen LogP contribution in [-0.2, 0) is 0 Å². The molecule has 3 nitrogen and oxygen atoms in total. The van der Waals surface area contributed by atoms with Crippen LogP contribution >= 0.6 is 0 Å². The number of nitrogens with two attached hydrogens (primary N) is 2. The van der Waals surface area contributed by atoms with Crippen LogP contribution in [0.2, 0.25) is 0 Å². The minimum Gasteiger partial charge on any atom is -0.491 e. The van der Waals surface area contributed by atoms with Gasteiger partial charge in [0.25, 0.3) is 0 Å². The van der Waals surface area contributed by atoms with Crippen molar-refractivity contribution in [3.8, 4) is 5.75 Å². The van der Waals surface area contributed by atoms with Crippen molar-refractivity contribution in [1.29, 1.82) is 0 Å². The Morgan fingerprint density at radius 1 is 1.44 bits per heavy atom. The van der Waals surface area contributed by atoms with Crippen LogP contribution in [0.3, 0.4) is 0 Å². The van der Waals surface area contributed by atoms with Crippen LogP contribution in [0.15, 0.2) is 18.2 Å². The first kappa shape index (κ1) is 13.3. The molecule has 0 amide bonds. The summed E-state index contributed by atoms with van der Waals surface area (Å²) in [6, 6.07) is 4.78. The Balaban J connectivity index is 2.20. The fraction of sp³-hybridized carbons (Fsp3) is 0.571. The zero-order valence-corrected chi connectivity index (χ0v) is 10.8. The molecule has 0 heterocycles. The van der Waals surface area contributed by atoms with E-state index >= 15 is 0 Å². The van der Waals surface area contributed by atoms with E-state index in [9.17, 15) is 4.39 Å². The van der Waals surface area contributed by atoms with Gasteiger partial charge in [0.1, 0.15) is 0 Å². The van der Waals surface area contributed by atoms with Crippen molar-refractivity contribution >= 4 is 0 Å². The van der Waals surface area contributed by atoms with Gasteiger partial charge < -0.3 is 16.2 Å². The lowest BCUT2D eigenvalue weighted by molar-refractivity contribution is 0.104. The van der Waals surface area contributed by atoms with E-state index in [0.717, 1.165) is 24.8 Å². The van der Waals surface area contributed by atoms with Crippen molar-refractivity contribution in [3.05, 3.63) is 29.6 Å². The van der Waals surface area contributed by atoms with Crippen LogP contribution in [-0.4, -0.2) is 13.2 Å². The molecule has 1 atom stereocenters. The lowest BCUT2D eigenvalue weighted by Gasteiger charge is -2.45. The minimum atomic E-state index is -0.351. The van der Waals surface area contributed by atoms with Gasteiger partial charge in [-0.05, 0) is 44.0 Å². The van der Waals surface area contributed by atoms with Crippen LogP contribution in [0.1, 0.15) is 37.8 Å². The molecule has 1 aliphatic carbocycles. The Bertz CT molecular complexity index is 413. The van der Waals surface area contributed by atoms with Gasteiger partial charge in [-0.2, -0.15) is 0 Å². The summed E-state index contributed by atoms with van der Waals surface area (Å²) in [5.74, 6) is -0.0693. The summed E-state index contributed by atoms with van der Waals surface area (Å²) in [6.45, 7) is 2.84. The third kappa shape index (κ3) is 2.22. The number of hydrogen-bond donors (Lipinski definition) is 2. The van der Waals surface area contributed by atoms with E-state index in [1.54, 1.807) is 6.07 Å². The maximum absolute atomic E-state index is 13.8. The number of ether oxygens (including phenoxy) is 1. The molecule has 1 fully saturated rings. The van der Waals surface area contributed by atoms with Crippen molar-refractivity contribution < 1.29 is 9.13 Å². The smallest absolute Gasteiger partial charge is 0.165 e. The normalized spacial score (nSPS) is 19.1. The van der Waals surface area contributed by atoms with E-state index in [1.807, 2.05) is 13.0 Å². The first-order valence-electron chi connectivity index (χ1n) is 6.51. The standard InChI is InChI=1S/C14H21FN2O/c1-2-18-12-5-4-10(8-11(12)15)13(17)14(9-16)6-3-7-14/h4-5,8,13H,2-3,6-7,9,16-17H2,1H3. The third-order valence-corrected chi connectivity index (χ3v) is 4.03. The van der Waals surface area contributed by atoms with Gasteiger partial charge >= 0.3 is 0 Å². The highest BCUT2D eigenvalue weighted by Crippen LogP contribution is 2.48. The van der Waals surface area contributed by atoms with E-state index in [1.165, 1.54) is 6.07 Å². The van der Waals surface area contributed by atoms with Crippen LogP contribution in [0.25, 0.3) is 0 Å². The summed E-state index contributed by atoms with van der Waals surface area (Å²) >= 11 is 0. The predicted octanol–water partition coefficient (Wildman–Crippen LogP) is 2.35. The van der Waals surface area contributed by atoms with Crippen LogP contribution in [0.4, 0.5) is 4.39 Å². The molecular weight excluding hydrogens is 231 g/mol. The molecule has 1 saturated carbocycles. The highest BCUT2D eigenvalue weighted by molar-refractivity contribution is 5.32. The zero-order chi connectivity index (χ0) is 13.2. The Labute approximate surface area is 107 Å². The van der Waals surface area contributed by atoms with Gasteiger partial charge in [0.05, 0.1) is 6.61 Å². The van der Waals surface area contributed by atoms with Crippen molar-refractivity contribution in [2.75, 3.05) is 13.2 Å². The summed E-state index contributed by atoms with van der Waals surface area (Å²) in [5.41, 5.74) is 12.8. The SMILES string of the molecule is CCOc1ccc(C(N)C2(CN)CCC2)cc1F. The molecule has 0 bridgehead atoms. The van der Waals surface area contributed by atoms with Crippen molar-refractivity contribution in [1.82, 2.24) is 0 Å². The maximum atomic E-state index is 13.8. The molecular formula is C14H21FN2O. The Kier molecular flexibility index (Phi) is 3.88. The number of halogens is 1. The molecule has 0 aromatic heterocycles. The molecule has 18 heavy (non-hydrogen) atoms. The average molecular weight is 252 g/mol. The average Bonchev–Trinajstić information content (AvgIpc) is 2.31. The van der Waals surface area contributed by atoms with Crippen LogP contribution < -0.4 is 16.2 Å². The summed E-state index contributed by atoms with van der Waals surface area (Å²) in [6.07, 6.45) is 3.21. The quantitative estimate of drug-likeness (QED) is 0.845. The molecule has 4 N–H and O–H groups in total. The lowest BCUT2D eigenvalue weighted by atomic mass is 9.63. The van der Waals surface area contributed by atoms with Gasteiger partial charge in [0.2, 0.25) is 0 Å². The van der Waals surface area contributed by atoms with Crippen LogP contribution in [0.5, 0.6) is 5.75 Å². The molecule has 100 valence electrons. The molecule has 0 aliphatic heterocycles. The van der Waals surface area contributed by atoms with Gasteiger partial charge in [-0.15, -0.1) is 0 Å². The second-order valence-electron chi connectivity index (χ2n) is 5.02. The van der Waals surface area contributed by atoms with E-state index in [-0.39, 0.29) is 23.0 Å². The van der Waals surface area contributed by atoms with Crippen molar-refractivity contribution in [2.45, 2.75) is 32.2 Å². The first-order chi connectivity index (χ1) is 8.63. The monoisotopic (exact) mass is 252 g/mol. The van der Waals surface area contributed by atoms with E-state index in [4.69, 9.17) is 16.2 Å². The molecule has 2 rings (SSSR count). The maximum Gasteiger partial charge on any atom is 0.165 e. The number of hydrogen-bond acceptors (Lipinski definition) is 3. The summed E-state index contributed by atoms with van der Waals surface area (Å²) in [7, 11) is 0. The predicted molar refractivity (Wildman–Crippen MR) is 69.8 cm³/mol. The minimum absolute atomic E-state index is 0.0421. The molecule has 0 spiro atoms. The molecule has 0 radical (unpaired) electrons. The molecule has 1 aromatic rings. The fourth-order valence-electron chi connectivity index (χ4n) is 2.61. The van der Waals surface area contributed by atoms with Gasteiger partial charge in [-0.3, -0.25) is 0 Å². The van der Waals surface area contributed by atoms with E-state index in [2.05, 4.69) is 0 Å². The Hall–Kier alpha value is -1.13. The van der Waals surface area contributed by atoms with E-state index in [0.29, 0.717) is 13.2 Å². The molecule has 1 aromatic carbocycles. The molecule has 1 aliphatic rings. The fourth-order valence-corrected chi connectivity index (χ4v) is 2.61. The van der Waals surface area contributed by atoms with Gasteiger partial charge in [-0.25, -0.2) is 4.39 Å². The highest BCUT2D eigenvalue weighted by atomic mass is 19.1. The first-order valence-corrected chi connectivity index (χ1v) is 6.51. The van der Waals surface area contributed by atoms with Gasteiger partial charge in [-0.1, -0.05) is 12.5 Å². The van der Waals surface area contributed by atoms with Crippen LogP contribution in [0, 0.1) is 11.2 Å². The van der Waals surface area contributed by atoms with Crippen molar-refractivity contribution in [3.63, 3.8) is 0 Å². The largest absolute Gasteiger partial charge is 0.491 e. The van der Waals surface area contributed by atoms with Crippen molar-refractivity contribution in [2.24, 2.45) is 16.9 Å². The van der Waals surface area contributed by atoms with Gasteiger partial charge in [0, 0.05) is 11.5 Å². The number of rotatable bonds is 5. The second kappa shape index (κ2) is 5.24. The summed E-state index contributed by atoms with van der Waals surface area (Å²) in [4.78, 5) is 0. The summed E-state index contributed by atoms with van der Waals surface area (Å²) < 4.78 is 19.0. The van der Waals surface area contributed by atoms with E-state index < -0.39 is 0 Å². The molecule has 1 unspecified atom stereocenters. The highest BCUT2D eigenvalue weighted by Gasteiger charge is 2.41.